The summed E-state index contributed by atoms with van der Waals surface area (Å²) in [6.45, 7) is 16.3. The van der Waals surface area contributed by atoms with Crippen LogP contribution >= 0.6 is 0 Å². The highest BCUT2D eigenvalue weighted by Crippen LogP contribution is 2.39. The van der Waals surface area contributed by atoms with Gasteiger partial charge in [0.25, 0.3) is 0 Å². The minimum Gasteiger partial charge on any atom is -0.507 e. The Morgan fingerprint density at radius 2 is 1.71 bits per heavy atom. The third-order valence-corrected chi connectivity index (χ3v) is 11.7. The van der Waals surface area contributed by atoms with Crippen LogP contribution in [0.15, 0.2) is 47.2 Å². The fourth-order valence-electron chi connectivity index (χ4n) is 8.38. The molecule has 0 amide bonds. The van der Waals surface area contributed by atoms with E-state index in [1.807, 2.05) is 58.3 Å². The normalized spacial score (nSPS) is 18.8. The molecule has 0 spiro atoms. The average Bonchev–Trinajstić information content (AvgIpc) is 3.84. The summed E-state index contributed by atoms with van der Waals surface area (Å²) in [6.07, 6.45) is 13.4. The number of aromatic amines is 1. The van der Waals surface area contributed by atoms with Crippen LogP contribution in [0.25, 0.3) is 11.8 Å². The van der Waals surface area contributed by atoms with Crippen LogP contribution in [0.5, 0.6) is 5.75 Å². The second-order valence-electron chi connectivity index (χ2n) is 15.2. The number of hydrogen-bond acceptors (Lipinski definition) is 12. The van der Waals surface area contributed by atoms with Crippen LogP contribution in [0.4, 0.5) is 17.6 Å². The third-order valence-electron chi connectivity index (χ3n) is 11.7. The number of nitrogen functional groups attached to an aromatic ring is 1. The van der Waals surface area contributed by atoms with Crippen LogP contribution < -0.4 is 21.3 Å². The topological polar surface area (TPSA) is 187 Å². The molecule has 4 aromatic rings. The number of rotatable bonds is 11. The first-order valence-electron chi connectivity index (χ1n) is 20.4. The van der Waals surface area contributed by atoms with Gasteiger partial charge in [-0.3, -0.25) is 0 Å². The summed E-state index contributed by atoms with van der Waals surface area (Å²) in [5, 5.41) is 21.6. The lowest BCUT2D eigenvalue weighted by molar-refractivity contribution is -0.110. The first kappa shape index (κ1) is 42.3. The van der Waals surface area contributed by atoms with Crippen molar-refractivity contribution in [2.24, 2.45) is 17.6 Å². The summed E-state index contributed by atoms with van der Waals surface area (Å²) in [4.78, 5) is 31.8. The lowest BCUT2D eigenvalue weighted by Crippen LogP contribution is -2.37. The zero-order chi connectivity index (χ0) is 40.4. The minimum absolute atomic E-state index is 0.0110. The van der Waals surface area contributed by atoms with Gasteiger partial charge in [-0.1, -0.05) is 45.0 Å². The number of aldehydes is 1. The van der Waals surface area contributed by atoms with Crippen LogP contribution in [0.2, 0.25) is 0 Å². The van der Waals surface area contributed by atoms with Gasteiger partial charge in [-0.2, -0.15) is 0 Å². The number of carbonyl (C=O) groups is 1. The molecule has 13 heteroatoms. The smallest absolute Gasteiger partial charge is 0.225 e. The van der Waals surface area contributed by atoms with Crippen LogP contribution in [0, 0.1) is 11.8 Å². The van der Waals surface area contributed by atoms with Gasteiger partial charge in [-0.15, -0.1) is 0 Å². The molecule has 56 heavy (non-hydrogen) atoms. The number of carbonyl (C=O) groups excluding carboxylic acids is 1. The Morgan fingerprint density at radius 3 is 2.36 bits per heavy atom. The molecule has 3 aliphatic heterocycles. The minimum atomic E-state index is -0.241. The summed E-state index contributed by atoms with van der Waals surface area (Å²) in [7, 11) is 1.00. The first-order valence-corrected chi connectivity index (χ1v) is 20.4. The van der Waals surface area contributed by atoms with Gasteiger partial charge >= 0.3 is 0 Å². The Balaban J connectivity index is 0.00000145. The van der Waals surface area contributed by atoms with E-state index >= 15 is 0 Å². The van der Waals surface area contributed by atoms with Crippen molar-refractivity contribution in [3.8, 4) is 5.75 Å². The van der Waals surface area contributed by atoms with Crippen molar-refractivity contribution in [3.05, 3.63) is 76.4 Å². The average molecular weight is 770 g/mol. The molecule has 2 fully saturated rings. The number of aromatic nitrogens is 4. The quantitative estimate of drug-likeness (QED) is 0.102. The van der Waals surface area contributed by atoms with Crippen LogP contribution in [-0.2, 0) is 11.2 Å². The van der Waals surface area contributed by atoms with Gasteiger partial charge in [-0.25, -0.2) is 9.97 Å². The van der Waals surface area contributed by atoms with Crippen LogP contribution in [0.3, 0.4) is 0 Å². The molecule has 3 aliphatic rings. The number of nitrogens with zero attached hydrogens (tertiary/aromatic N) is 6. The van der Waals surface area contributed by atoms with E-state index in [9.17, 15) is 9.90 Å². The third kappa shape index (κ3) is 9.55. The number of aliphatic hydroxyl groups is 1. The molecule has 7 rings (SSSR count). The van der Waals surface area contributed by atoms with E-state index in [0.29, 0.717) is 28.8 Å². The summed E-state index contributed by atoms with van der Waals surface area (Å²) in [6, 6.07) is 9.00. The van der Waals surface area contributed by atoms with E-state index in [0.717, 1.165) is 119 Å². The van der Waals surface area contributed by atoms with E-state index in [4.69, 9.17) is 31.1 Å². The van der Waals surface area contributed by atoms with Gasteiger partial charge in [0.15, 0.2) is 5.82 Å². The Morgan fingerprint density at radius 1 is 1.04 bits per heavy atom. The maximum absolute atomic E-state index is 11.5. The molecule has 2 unspecified atom stereocenters. The summed E-state index contributed by atoms with van der Waals surface area (Å²) < 4.78 is 5.55. The van der Waals surface area contributed by atoms with E-state index in [1.54, 1.807) is 18.2 Å². The van der Waals surface area contributed by atoms with E-state index in [1.165, 1.54) is 12.0 Å². The number of aromatic hydroxyl groups is 1. The number of nitrogens with one attached hydrogen (secondary N) is 1. The van der Waals surface area contributed by atoms with Crippen molar-refractivity contribution in [2.45, 2.75) is 91.0 Å². The van der Waals surface area contributed by atoms with Gasteiger partial charge in [-0.05, 0) is 100 Å². The van der Waals surface area contributed by atoms with Gasteiger partial charge < -0.3 is 50.7 Å². The molecule has 2 atom stereocenters. The molecule has 0 bridgehead atoms. The molecule has 13 nitrogen and oxygen atoms in total. The zero-order valence-electron chi connectivity index (χ0n) is 34.1. The SMILES string of the molecule is CC.CC(C)C(C=O)c1cc(N2CCC(CCN3CCC(c4cnc(N5CCc6[nH]c(N)c(/C=C(\N)c7ccccc7O)c6C5C)nc4)CC3)CC2)no1.CO. The molecule has 0 saturated carbocycles. The van der Waals surface area contributed by atoms with Gasteiger partial charge in [0.2, 0.25) is 5.95 Å². The molecule has 3 aromatic heterocycles. The van der Waals surface area contributed by atoms with E-state index < -0.39 is 0 Å². The number of aliphatic hydroxyl groups excluding tert-OH is 1. The molecule has 0 aliphatic carbocycles. The highest BCUT2D eigenvalue weighted by molar-refractivity contribution is 5.86. The maximum atomic E-state index is 11.5. The molecular weight excluding hydrogens is 707 g/mol. The predicted octanol–water partition coefficient (Wildman–Crippen LogP) is 6.72. The van der Waals surface area contributed by atoms with E-state index in [2.05, 4.69) is 31.8 Å². The summed E-state index contributed by atoms with van der Waals surface area (Å²) in [5.74, 6) is 4.10. The van der Waals surface area contributed by atoms with Crippen LogP contribution in [0.1, 0.15) is 118 Å². The largest absolute Gasteiger partial charge is 0.507 e. The molecule has 6 heterocycles. The second kappa shape index (κ2) is 19.8. The molecule has 0 radical (unpaired) electrons. The highest BCUT2D eigenvalue weighted by atomic mass is 16.5. The number of hydrogen-bond donors (Lipinski definition) is 5. The van der Waals surface area contributed by atoms with Crippen molar-refractivity contribution in [1.82, 2.24) is 25.0 Å². The molecule has 7 N–H and O–H groups in total. The fraction of sp³-hybridized carbons (Fsp3) is 0.535. The Hall–Kier alpha value is -4.88. The number of piperidine rings is 2. The molecule has 2 saturated heterocycles. The second-order valence-corrected chi connectivity index (χ2v) is 15.2. The van der Waals surface area contributed by atoms with Gasteiger partial charge in [0.1, 0.15) is 23.6 Å². The van der Waals surface area contributed by atoms with Crippen LogP contribution in [-0.4, -0.2) is 87.9 Å². The summed E-state index contributed by atoms with van der Waals surface area (Å²) >= 11 is 0. The highest BCUT2D eigenvalue weighted by Gasteiger charge is 2.32. The number of para-hydroxylation sites is 1. The first-order chi connectivity index (χ1) is 27.2. The lowest BCUT2D eigenvalue weighted by atomic mass is 9.90. The van der Waals surface area contributed by atoms with Crippen molar-refractivity contribution >= 4 is 35.6 Å². The Labute approximate surface area is 332 Å². The van der Waals surface area contributed by atoms with Crippen molar-refractivity contribution in [2.75, 3.05) is 61.9 Å². The number of H-pyrrole nitrogens is 1. The number of phenolic OH excluding ortho intramolecular Hbond substituents is 1. The van der Waals surface area contributed by atoms with Gasteiger partial charge in [0, 0.05) is 79.7 Å². The monoisotopic (exact) mass is 770 g/mol. The fourth-order valence-corrected chi connectivity index (χ4v) is 8.38. The zero-order valence-corrected chi connectivity index (χ0v) is 34.1. The predicted molar refractivity (Wildman–Crippen MR) is 224 cm³/mol. The standard InChI is InChI=1S/C40H53N9O3.C2H6.CH4O/c1-25(2)32(24-50)36-21-37(46-52-36)48-17-9-27(10-18-48)8-14-47-15-11-28(12-16-47)29-22-43-40(44-23-29)49-19-13-34-38(26(49)3)31(39(42)45-34)20-33(41)30-6-4-5-7-35(30)51;2*1-2/h4-7,20-28,32,45,51H,8-19,41-42H2,1-3H3;1-2H3;2H,1H3/b33-20-;;. The molecule has 1 aromatic carbocycles. The Bertz CT molecular complexity index is 1850. The van der Waals surface area contributed by atoms with Crippen molar-refractivity contribution < 1.29 is 19.5 Å². The maximum Gasteiger partial charge on any atom is 0.225 e. The number of phenols is 1. The number of fused-ring (bicyclic) bond motifs is 1. The number of anilines is 3. The summed E-state index contributed by atoms with van der Waals surface area (Å²) in [5.41, 5.74) is 18.2. The van der Waals surface area contributed by atoms with E-state index in [-0.39, 0.29) is 23.6 Å². The molecule has 304 valence electrons. The van der Waals surface area contributed by atoms with Crippen molar-refractivity contribution in [3.63, 3.8) is 0 Å². The Kier molecular flexibility index (Phi) is 15.0. The number of nitrogens with two attached hydrogens (primary N) is 2. The number of benzene rings is 1. The number of likely N-dealkylation sites (tertiary alicyclic amines) is 1. The molecular formula is C43H63N9O4. The van der Waals surface area contributed by atoms with Crippen molar-refractivity contribution in [1.29, 1.82) is 0 Å². The lowest BCUT2D eigenvalue weighted by Gasteiger charge is -2.36. The van der Waals surface area contributed by atoms with Gasteiger partial charge in [0.05, 0.1) is 12.0 Å².